The number of hydrogen-bond acceptors (Lipinski definition) is 6. The maximum atomic E-state index is 9.96. The maximum absolute atomic E-state index is 9.96. The quantitative estimate of drug-likeness (QED) is 0.576. The number of rotatable bonds is 5. The van der Waals surface area contributed by atoms with Gasteiger partial charge in [0.05, 0.1) is 25.3 Å². The topological polar surface area (TPSA) is 84.6 Å². The van der Waals surface area contributed by atoms with E-state index in [9.17, 15) is 5.11 Å². The fourth-order valence-electron chi connectivity index (χ4n) is 3.08. The monoisotopic (exact) mass is 349 g/mol. The zero-order chi connectivity index (χ0) is 18.1. The first kappa shape index (κ1) is 16.3. The van der Waals surface area contributed by atoms with E-state index in [2.05, 4.69) is 20.4 Å². The molecule has 0 unspecified atom stereocenters. The van der Waals surface area contributed by atoms with E-state index in [0.29, 0.717) is 17.5 Å². The molecule has 7 heteroatoms. The van der Waals surface area contributed by atoms with Crippen LogP contribution in [0.3, 0.4) is 0 Å². The van der Waals surface area contributed by atoms with E-state index in [-0.39, 0.29) is 6.61 Å². The molecule has 2 heterocycles. The van der Waals surface area contributed by atoms with Gasteiger partial charge in [0.15, 0.2) is 5.65 Å². The number of methoxy groups -OCH3 is 1. The number of aryl methyl sites for hydroxylation is 1. The average Bonchev–Trinajstić information content (AvgIpc) is 3.08. The van der Waals surface area contributed by atoms with Crippen LogP contribution in [0.2, 0.25) is 0 Å². The summed E-state index contributed by atoms with van der Waals surface area (Å²) in [4.78, 5) is 9.21. The Balaban J connectivity index is 1.84. The lowest BCUT2D eigenvalue weighted by Gasteiger charge is -2.20. The van der Waals surface area contributed by atoms with E-state index in [1.54, 1.807) is 11.6 Å². The van der Waals surface area contributed by atoms with Gasteiger partial charge in [-0.3, -0.25) is 0 Å². The minimum absolute atomic E-state index is 0.121. The van der Waals surface area contributed by atoms with Crippen LogP contribution in [0.25, 0.3) is 16.6 Å². The van der Waals surface area contributed by atoms with Crippen molar-refractivity contribution in [3.05, 3.63) is 59.9 Å². The van der Waals surface area contributed by atoms with Crippen molar-refractivity contribution in [1.82, 2.24) is 19.6 Å². The Morgan fingerprint density at radius 2 is 1.88 bits per heavy atom. The van der Waals surface area contributed by atoms with Crippen molar-refractivity contribution < 1.29 is 9.84 Å². The number of hydrogen-bond donors (Lipinski definition) is 2. The van der Waals surface area contributed by atoms with Crippen LogP contribution in [-0.2, 0) is 0 Å². The molecule has 0 radical (unpaired) electrons. The van der Waals surface area contributed by atoms with Crippen molar-refractivity contribution >= 4 is 22.5 Å². The van der Waals surface area contributed by atoms with E-state index in [1.165, 1.54) is 0 Å². The third kappa shape index (κ3) is 2.72. The summed E-state index contributed by atoms with van der Waals surface area (Å²) in [6, 6.07) is 15.0. The first-order chi connectivity index (χ1) is 12.7. The second-order valence-electron chi connectivity index (χ2n) is 5.97. The predicted octanol–water partition coefficient (Wildman–Crippen LogP) is 2.74. The Kier molecular flexibility index (Phi) is 4.14. The highest BCUT2D eigenvalue weighted by molar-refractivity contribution is 5.92. The molecule has 0 aliphatic carbocycles. The second kappa shape index (κ2) is 6.61. The molecule has 7 nitrogen and oxygen atoms in total. The van der Waals surface area contributed by atoms with Crippen molar-refractivity contribution in [2.75, 3.05) is 19.0 Å². The first-order valence-electron chi connectivity index (χ1n) is 8.33. The van der Waals surface area contributed by atoms with Gasteiger partial charge in [-0.25, -0.2) is 9.97 Å². The molecule has 0 saturated heterocycles. The van der Waals surface area contributed by atoms with Gasteiger partial charge in [-0.15, -0.1) is 5.10 Å². The summed E-state index contributed by atoms with van der Waals surface area (Å²) in [6.07, 6.45) is 0. The summed E-state index contributed by atoms with van der Waals surface area (Å²) in [5.41, 5.74) is 2.39. The number of anilines is 1. The number of benzene rings is 2. The molecule has 0 fully saturated rings. The minimum Gasteiger partial charge on any atom is -0.496 e. The summed E-state index contributed by atoms with van der Waals surface area (Å²) in [7, 11) is 1.61. The Labute approximate surface area is 150 Å². The van der Waals surface area contributed by atoms with E-state index in [4.69, 9.17) is 4.74 Å². The van der Waals surface area contributed by atoms with E-state index in [1.807, 2.05) is 55.5 Å². The molecule has 0 amide bonds. The van der Waals surface area contributed by atoms with E-state index < -0.39 is 6.04 Å². The number of aliphatic hydroxyl groups is 1. The molecular formula is C19H19N5O2. The van der Waals surface area contributed by atoms with Gasteiger partial charge in [0.2, 0.25) is 5.95 Å². The number of fused-ring (bicyclic) bond motifs is 3. The van der Waals surface area contributed by atoms with Crippen LogP contribution in [0.15, 0.2) is 48.5 Å². The summed E-state index contributed by atoms with van der Waals surface area (Å²) < 4.78 is 7.10. The SMILES string of the molecule is COc1ccccc1[C@@H](CO)Nc1nc2ccccc2c2nc(C)nn12. The Morgan fingerprint density at radius 1 is 1.12 bits per heavy atom. The normalized spacial score (nSPS) is 12.4. The summed E-state index contributed by atoms with van der Waals surface area (Å²) in [5.74, 6) is 1.87. The number of aliphatic hydroxyl groups excluding tert-OH is 1. The Hall–Kier alpha value is -3.19. The van der Waals surface area contributed by atoms with Crippen molar-refractivity contribution in [2.45, 2.75) is 13.0 Å². The zero-order valence-corrected chi connectivity index (χ0v) is 14.5. The molecule has 0 aliphatic rings. The molecule has 0 bridgehead atoms. The van der Waals surface area contributed by atoms with Gasteiger partial charge < -0.3 is 15.2 Å². The molecular weight excluding hydrogens is 330 g/mol. The van der Waals surface area contributed by atoms with Gasteiger partial charge in [0, 0.05) is 10.9 Å². The van der Waals surface area contributed by atoms with E-state index >= 15 is 0 Å². The van der Waals surface area contributed by atoms with Crippen LogP contribution in [0, 0.1) is 6.92 Å². The Bertz CT molecular complexity index is 1080. The van der Waals surface area contributed by atoms with Gasteiger partial charge in [0.25, 0.3) is 0 Å². The van der Waals surface area contributed by atoms with Gasteiger partial charge >= 0.3 is 0 Å². The van der Waals surface area contributed by atoms with Crippen molar-refractivity contribution in [3.63, 3.8) is 0 Å². The maximum Gasteiger partial charge on any atom is 0.227 e. The molecule has 4 aromatic rings. The minimum atomic E-state index is -0.396. The number of ether oxygens (including phenoxy) is 1. The Morgan fingerprint density at radius 3 is 2.69 bits per heavy atom. The molecule has 2 aromatic heterocycles. The van der Waals surface area contributed by atoms with Crippen molar-refractivity contribution in [3.8, 4) is 5.75 Å². The van der Waals surface area contributed by atoms with E-state index in [0.717, 1.165) is 22.1 Å². The molecule has 2 aromatic carbocycles. The van der Waals surface area contributed by atoms with Gasteiger partial charge in [-0.05, 0) is 25.1 Å². The average molecular weight is 349 g/mol. The fourth-order valence-corrected chi connectivity index (χ4v) is 3.08. The number of para-hydroxylation sites is 2. The van der Waals surface area contributed by atoms with Crippen LogP contribution in [0.4, 0.5) is 5.95 Å². The first-order valence-corrected chi connectivity index (χ1v) is 8.33. The molecule has 132 valence electrons. The summed E-state index contributed by atoms with van der Waals surface area (Å²) >= 11 is 0. The number of aromatic nitrogens is 4. The molecule has 4 rings (SSSR count). The predicted molar refractivity (Wildman–Crippen MR) is 99.5 cm³/mol. The second-order valence-corrected chi connectivity index (χ2v) is 5.97. The molecule has 2 N–H and O–H groups in total. The lowest BCUT2D eigenvalue weighted by atomic mass is 10.1. The molecule has 0 saturated carbocycles. The highest BCUT2D eigenvalue weighted by Gasteiger charge is 2.19. The van der Waals surface area contributed by atoms with Crippen LogP contribution >= 0.6 is 0 Å². The standard InChI is InChI=1S/C19H19N5O2/c1-12-20-18-14-8-3-5-9-15(14)21-19(24(18)23-12)22-16(11-25)13-7-4-6-10-17(13)26-2/h3-10,16,25H,11H2,1-2H3,(H,21,22)/t16-/m1/s1. The summed E-state index contributed by atoms with van der Waals surface area (Å²) in [6.45, 7) is 1.72. The van der Waals surface area contributed by atoms with Crippen molar-refractivity contribution in [2.24, 2.45) is 0 Å². The highest BCUT2D eigenvalue weighted by atomic mass is 16.5. The van der Waals surface area contributed by atoms with Gasteiger partial charge in [-0.2, -0.15) is 4.52 Å². The molecule has 26 heavy (non-hydrogen) atoms. The third-order valence-electron chi connectivity index (χ3n) is 4.29. The lowest BCUT2D eigenvalue weighted by molar-refractivity contribution is 0.272. The summed E-state index contributed by atoms with van der Waals surface area (Å²) in [5, 5.41) is 18.6. The van der Waals surface area contributed by atoms with Crippen LogP contribution in [0.1, 0.15) is 17.4 Å². The highest BCUT2D eigenvalue weighted by Crippen LogP contribution is 2.28. The zero-order valence-electron chi connectivity index (χ0n) is 14.5. The number of nitrogens with zero attached hydrogens (tertiary/aromatic N) is 4. The molecule has 0 aliphatic heterocycles. The van der Waals surface area contributed by atoms with Crippen LogP contribution < -0.4 is 10.1 Å². The van der Waals surface area contributed by atoms with Gasteiger partial charge in [-0.1, -0.05) is 30.3 Å². The third-order valence-corrected chi connectivity index (χ3v) is 4.29. The fraction of sp³-hybridized carbons (Fsp3) is 0.211. The number of nitrogens with one attached hydrogen (secondary N) is 1. The van der Waals surface area contributed by atoms with Crippen molar-refractivity contribution in [1.29, 1.82) is 0 Å². The smallest absolute Gasteiger partial charge is 0.227 e. The van der Waals surface area contributed by atoms with Crippen LogP contribution in [0.5, 0.6) is 5.75 Å². The van der Waals surface area contributed by atoms with Crippen LogP contribution in [-0.4, -0.2) is 38.4 Å². The van der Waals surface area contributed by atoms with Gasteiger partial charge in [0.1, 0.15) is 11.6 Å². The molecule has 0 spiro atoms. The molecule has 1 atom stereocenters. The lowest BCUT2D eigenvalue weighted by Crippen LogP contribution is -2.19. The largest absolute Gasteiger partial charge is 0.496 e.